The van der Waals surface area contributed by atoms with Crippen LogP contribution in [0.1, 0.15) is 26.3 Å². The molecule has 1 aromatic rings. The van der Waals surface area contributed by atoms with Gasteiger partial charge in [-0.25, -0.2) is 0 Å². The highest BCUT2D eigenvalue weighted by atomic mass is 35.5. The van der Waals surface area contributed by atoms with Crippen LogP contribution in [-0.2, 0) is 10.2 Å². The van der Waals surface area contributed by atoms with E-state index >= 15 is 0 Å². The lowest BCUT2D eigenvalue weighted by atomic mass is 9.86. The van der Waals surface area contributed by atoms with E-state index in [1.807, 2.05) is 18.2 Å². The van der Waals surface area contributed by atoms with Crippen molar-refractivity contribution in [3.63, 3.8) is 0 Å². The van der Waals surface area contributed by atoms with E-state index in [-0.39, 0.29) is 12.2 Å². The van der Waals surface area contributed by atoms with Crippen molar-refractivity contribution in [2.24, 2.45) is 0 Å². The van der Waals surface area contributed by atoms with E-state index < -0.39 is 0 Å². The van der Waals surface area contributed by atoms with Gasteiger partial charge in [0.1, 0.15) is 5.75 Å². The maximum Gasteiger partial charge on any atom is 0.188 e. The summed E-state index contributed by atoms with van der Waals surface area (Å²) in [5.74, 6) is 0.789. The van der Waals surface area contributed by atoms with Crippen LogP contribution in [0.25, 0.3) is 0 Å². The van der Waals surface area contributed by atoms with E-state index in [1.165, 1.54) is 0 Å². The van der Waals surface area contributed by atoms with Crippen LogP contribution < -0.4 is 4.74 Å². The van der Waals surface area contributed by atoms with Crippen molar-refractivity contribution in [3.05, 3.63) is 28.8 Å². The Labute approximate surface area is 96.2 Å². The van der Waals surface area contributed by atoms with Gasteiger partial charge in [-0.1, -0.05) is 38.4 Å². The maximum atomic E-state index is 6.17. The molecule has 0 spiro atoms. The van der Waals surface area contributed by atoms with Crippen LogP contribution in [0.15, 0.2) is 18.2 Å². The summed E-state index contributed by atoms with van der Waals surface area (Å²) in [6.07, 6.45) is 0. The predicted molar refractivity (Wildman–Crippen MR) is 62.7 cm³/mol. The van der Waals surface area contributed by atoms with Crippen LogP contribution in [0, 0.1) is 0 Å². The molecule has 15 heavy (non-hydrogen) atoms. The molecule has 0 unspecified atom stereocenters. The molecule has 3 heteroatoms. The average molecular weight is 229 g/mol. The normalized spacial score (nSPS) is 11.5. The largest absolute Gasteiger partial charge is 0.467 e. The summed E-state index contributed by atoms with van der Waals surface area (Å²) in [5, 5.41) is 0.733. The van der Waals surface area contributed by atoms with E-state index in [1.54, 1.807) is 7.11 Å². The molecule has 0 amide bonds. The van der Waals surface area contributed by atoms with Gasteiger partial charge in [0.15, 0.2) is 6.79 Å². The van der Waals surface area contributed by atoms with Gasteiger partial charge >= 0.3 is 0 Å². The van der Waals surface area contributed by atoms with Gasteiger partial charge in [-0.05, 0) is 17.5 Å². The quantitative estimate of drug-likeness (QED) is 0.736. The number of benzene rings is 1. The molecule has 0 aliphatic rings. The minimum absolute atomic E-state index is 0.0403. The number of hydrogen-bond donors (Lipinski definition) is 0. The molecule has 0 radical (unpaired) electrons. The van der Waals surface area contributed by atoms with Crippen molar-refractivity contribution in [2.75, 3.05) is 13.9 Å². The molecule has 0 aromatic heterocycles. The number of halogens is 1. The fraction of sp³-hybridized carbons (Fsp3) is 0.500. The summed E-state index contributed by atoms with van der Waals surface area (Å²) in [6, 6.07) is 5.66. The van der Waals surface area contributed by atoms with Gasteiger partial charge in [-0.15, -0.1) is 0 Å². The van der Waals surface area contributed by atoms with Gasteiger partial charge in [-0.3, -0.25) is 0 Å². The molecule has 1 rings (SSSR count). The number of rotatable bonds is 3. The van der Waals surface area contributed by atoms with Crippen LogP contribution in [-0.4, -0.2) is 13.9 Å². The van der Waals surface area contributed by atoms with Crippen LogP contribution in [0.4, 0.5) is 0 Å². The Balaban J connectivity index is 3.09. The third-order valence-corrected chi connectivity index (χ3v) is 2.37. The predicted octanol–water partition coefficient (Wildman–Crippen LogP) is 3.62. The Morgan fingerprint density at radius 2 is 1.93 bits per heavy atom. The molecule has 0 aliphatic carbocycles. The summed E-state index contributed by atoms with van der Waals surface area (Å²) in [7, 11) is 1.60. The zero-order valence-corrected chi connectivity index (χ0v) is 10.4. The summed E-state index contributed by atoms with van der Waals surface area (Å²) in [6.45, 7) is 6.55. The average Bonchev–Trinajstić information content (AvgIpc) is 2.12. The standard InChI is InChI=1S/C12H17ClO2/c1-12(2,3)11-9(13)6-5-7-10(11)15-8-14-4/h5-7H,8H2,1-4H3. The molecule has 0 saturated carbocycles. The summed E-state index contributed by atoms with van der Waals surface area (Å²) >= 11 is 6.17. The Kier molecular flexibility index (Phi) is 4.00. The number of ether oxygens (including phenoxy) is 2. The highest BCUT2D eigenvalue weighted by Crippen LogP contribution is 2.36. The molecule has 0 fully saturated rings. The zero-order chi connectivity index (χ0) is 11.5. The zero-order valence-electron chi connectivity index (χ0n) is 9.63. The van der Waals surface area contributed by atoms with Gasteiger partial charge in [0, 0.05) is 17.7 Å². The first kappa shape index (κ1) is 12.3. The lowest BCUT2D eigenvalue weighted by Crippen LogP contribution is -2.14. The molecule has 0 heterocycles. The van der Waals surface area contributed by atoms with E-state index in [0.29, 0.717) is 0 Å². The monoisotopic (exact) mass is 228 g/mol. The van der Waals surface area contributed by atoms with Crippen molar-refractivity contribution in [3.8, 4) is 5.75 Å². The summed E-state index contributed by atoms with van der Waals surface area (Å²) < 4.78 is 10.4. The second-order valence-corrected chi connectivity index (χ2v) is 4.82. The lowest BCUT2D eigenvalue weighted by Gasteiger charge is -2.23. The van der Waals surface area contributed by atoms with E-state index in [2.05, 4.69) is 20.8 Å². The highest BCUT2D eigenvalue weighted by Gasteiger charge is 2.22. The number of methoxy groups -OCH3 is 1. The van der Waals surface area contributed by atoms with Crippen LogP contribution in [0.3, 0.4) is 0 Å². The van der Waals surface area contributed by atoms with Crippen LogP contribution in [0.2, 0.25) is 5.02 Å². The van der Waals surface area contributed by atoms with E-state index in [4.69, 9.17) is 21.1 Å². The molecule has 0 aliphatic heterocycles. The summed E-state index contributed by atoms with van der Waals surface area (Å²) in [4.78, 5) is 0. The molecule has 0 bridgehead atoms. The van der Waals surface area contributed by atoms with Gasteiger partial charge in [-0.2, -0.15) is 0 Å². The van der Waals surface area contributed by atoms with Crippen LogP contribution >= 0.6 is 11.6 Å². The SMILES string of the molecule is COCOc1cccc(Cl)c1C(C)(C)C. The second kappa shape index (κ2) is 4.86. The molecule has 1 aromatic carbocycles. The van der Waals surface area contributed by atoms with Crippen molar-refractivity contribution in [2.45, 2.75) is 26.2 Å². The van der Waals surface area contributed by atoms with E-state index in [9.17, 15) is 0 Å². The fourth-order valence-corrected chi connectivity index (χ4v) is 1.92. The van der Waals surface area contributed by atoms with Gasteiger partial charge in [0.25, 0.3) is 0 Å². The van der Waals surface area contributed by atoms with Crippen molar-refractivity contribution >= 4 is 11.6 Å². The first-order valence-electron chi connectivity index (χ1n) is 4.87. The molecule has 0 N–H and O–H groups in total. The first-order valence-corrected chi connectivity index (χ1v) is 5.25. The number of hydrogen-bond acceptors (Lipinski definition) is 2. The highest BCUT2D eigenvalue weighted by molar-refractivity contribution is 6.31. The van der Waals surface area contributed by atoms with E-state index in [0.717, 1.165) is 16.3 Å². The smallest absolute Gasteiger partial charge is 0.188 e. The minimum Gasteiger partial charge on any atom is -0.467 e. The third-order valence-electron chi connectivity index (χ3n) is 2.06. The van der Waals surface area contributed by atoms with Crippen molar-refractivity contribution < 1.29 is 9.47 Å². The lowest BCUT2D eigenvalue weighted by molar-refractivity contribution is 0.0498. The Morgan fingerprint density at radius 1 is 1.27 bits per heavy atom. The molecule has 0 atom stereocenters. The first-order chi connectivity index (χ1) is 6.96. The Morgan fingerprint density at radius 3 is 2.47 bits per heavy atom. The maximum absolute atomic E-state index is 6.17. The van der Waals surface area contributed by atoms with Gasteiger partial charge in [0.05, 0.1) is 0 Å². The molecular formula is C12H17ClO2. The van der Waals surface area contributed by atoms with Gasteiger partial charge < -0.3 is 9.47 Å². The third kappa shape index (κ3) is 3.11. The molecular weight excluding hydrogens is 212 g/mol. The molecule has 84 valence electrons. The second-order valence-electron chi connectivity index (χ2n) is 4.41. The van der Waals surface area contributed by atoms with Crippen molar-refractivity contribution in [1.29, 1.82) is 0 Å². The topological polar surface area (TPSA) is 18.5 Å². The summed E-state index contributed by atoms with van der Waals surface area (Å²) in [5.41, 5.74) is 0.977. The molecule has 0 saturated heterocycles. The van der Waals surface area contributed by atoms with Gasteiger partial charge in [0.2, 0.25) is 0 Å². The Bertz CT molecular complexity index is 329. The molecule has 2 nitrogen and oxygen atoms in total. The Hall–Kier alpha value is -0.730. The fourth-order valence-electron chi connectivity index (χ4n) is 1.47. The minimum atomic E-state index is -0.0403. The van der Waals surface area contributed by atoms with Crippen molar-refractivity contribution in [1.82, 2.24) is 0 Å². The van der Waals surface area contributed by atoms with Crippen LogP contribution in [0.5, 0.6) is 5.75 Å².